The molecule has 27 heavy (non-hydrogen) atoms. The molecule has 0 bridgehead atoms. The van der Waals surface area contributed by atoms with Crippen molar-refractivity contribution in [3.63, 3.8) is 0 Å². The minimum Gasteiger partial charge on any atom is -0.356 e. The van der Waals surface area contributed by atoms with Gasteiger partial charge in [-0.3, -0.25) is 20.4 Å². The molecule has 1 amide bonds. The second-order valence-corrected chi connectivity index (χ2v) is 6.98. The van der Waals surface area contributed by atoms with Crippen molar-refractivity contribution >= 4 is 34.0 Å². The second-order valence-electron chi connectivity index (χ2n) is 6.57. The summed E-state index contributed by atoms with van der Waals surface area (Å²) in [5.74, 6) is -0.446. The fourth-order valence-electron chi connectivity index (χ4n) is 2.51. The van der Waals surface area contributed by atoms with E-state index in [0.717, 1.165) is 19.4 Å². The second kappa shape index (κ2) is 9.98. The van der Waals surface area contributed by atoms with E-state index in [2.05, 4.69) is 21.3 Å². The molecule has 0 fully saturated rings. The summed E-state index contributed by atoms with van der Waals surface area (Å²) in [4.78, 5) is 26.5. The highest BCUT2D eigenvalue weighted by Gasteiger charge is 2.16. The fourth-order valence-corrected chi connectivity index (χ4v) is 2.66. The molecular weight excluding hydrogens is 364 g/mol. The van der Waals surface area contributed by atoms with Gasteiger partial charge >= 0.3 is 0 Å². The lowest BCUT2D eigenvalue weighted by Crippen LogP contribution is -3.06. The number of quaternary nitrogens is 1. The zero-order chi connectivity index (χ0) is 19.8. The molecule has 146 valence electrons. The highest BCUT2D eigenvalue weighted by Crippen LogP contribution is 2.13. The van der Waals surface area contributed by atoms with E-state index in [0.29, 0.717) is 29.0 Å². The van der Waals surface area contributed by atoms with Crippen molar-refractivity contribution in [2.24, 2.45) is 0 Å². The van der Waals surface area contributed by atoms with Gasteiger partial charge in [-0.05, 0) is 24.7 Å². The van der Waals surface area contributed by atoms with Gasteiger partial charge < -0.3 is 10.2 Å². The molecular formula is C18H27N6O2S+. The van der Waals surface area contributed by atoms with Crippen LogP contribution in [0.3, 0.4) is 0 Å². The number of carbonyl (C=O) groups excluding carboxylic acids is 1. The summed E-state index contributed by atoms with van der Waals surface area (Å²) in [7, 11) is 4.09. The highest BCUT2D eigenvalue weighted by molar-refractivity contribution is 7.80. The van der Waals surface area contributed by atoms with E-state index in [1.54, 1.807) is 24.3 Å². The Morgan fingerprint density at radius 2 is 1.93 bits per heavy atom. The summed E-state index contributed by atoms with van der Waals surface area (Å²) in [6.45, 7) is 4.09. The topological polar surface area (TPSA) is 92.5 Å². The van der Waals surface area contributed by atoms with Crippen molar-refractivity contribution in [1.82, 2.24) is 25.9 Å². The number of hydrogen-bond donors (Lipinski definition) is 4. The Hall–Kier alpha value is -2.52. The quantitative estimate of drug-likeness (QED) is 0.374. The van der Waals surface area contributed by atoms with Gasteiger partial charge in [-0.1, -0.05) is 31.5 Å². The number of aryl methyl sites for hydroxylation is 1. The number of rotatable bonds is 7. The molecule has 1 aromatic heterocycles. The normalized spacial score (nSPS) is 10.8. The van der Waals surface area contributed by atoms with Crippen molar-refractivity contribution in [3.05, 3.63) is 40.3 Å². The Morgan fingerprint density at radius 1 is 1.22 bits per heavy atom. The van der Waals surface area contributed by atoms with Crippen molar-refractivity contribution in [1.29, 1.82) is 0 Å². The first-order chi connectivity index (χ1) is 12.9. The number of amides is 1. The van der Waals surface area contributed by atoms with Crippen LogP contribution in [0.1, 0.15) is 30.3 Å². The summed E-state index contributed by atoms with van der Waals surface area (Å²) >= 11 is 5.15. The summed E-state index contributed by atoms with van der Waals surface area (Å²) in [5, 5.41) is 8.62. The van der Waals surface area contributed by atoms with Crippen LogP contribution in [-0.4, -0.2) is 48.0 Å². The largest absolute Gasteiger partial charge is 0.356 e. The lowest BCUT2D eigenvalue weighted by atomic mass is 10.1. The van der Waals surface area contributed by atoms with Crippen LogP contribution in [0, 0.1) is 0 Å². The monoisotopic (exact) mass is 391 g/mol. The molecule has 0 saturated carbocycles. The number of likely N-dealkylation sites (N-methyl/N-ethyl adjacent to an activating group) is 1. The third-order valence-corrected chi connectivity index (χ3v) is 4.25. The van der Waals surface area contributed by atoms with E-state index in [-0.39, 0.29) is 11.3 Å². The van der Waals surface area contributed by atoms with E-state index in [4.69, 9.17) is 12.2 Å². The first kappa shape index (κ1) is 20.8. The molecule has 0 saturated heterocycles. The number of hydrogen-bond acceptors (Lipinski definition) is 4. The van der Waals surface area contributed by atoms with Crippen LogP contribution in [0.5, 0.6) is 0 Å². The number of benzene rings is 1. The van der Waals surface area contributed by atoms with E-state index >= 15 is 0 Å². The Kier molecular flexibility index (Phi) is 7.68. The average molecular weight is 392 g/mol. The number of nitrogens with zero attached hydrogens (tertiary/aromatic N) is 2. The molecule has 8 nitrogen and oxygen atoms in total. The van der Waals surface area contributed by atoms with Crippen molar-refractivity contribution in [2.45, 2.75) is 26.3 Å². The Labute approximate surface area is 163 Å². The summed E-state index contributed by atoms with van der Waals surface area (Å²) in [6.07, 6.45) is 1.74. The smallest absolute Gasteiger partial charge is 0.290 e. The predicted molar refractivity (Wildman–Crippen MR) is 110 cm³/mol. The predicted octanol–water partition coefficient (Wildman–Crippen LogP) is -0.550. The van der Waals surface area contributed by atoms with E-state index in [1.807, 2.05) is 21.0 Å². The average Bonchev–Trinajstić information content (AvgIpc) is 2.65. The molecule has 2 aromatic rings. The van der Waals surface area contributed by atoms with Crippen LogP contribution in [0.2, 0.25) is 0 Å². The molecule has 1 heterocycles. The van der Waals surface area contributed by atoms with Crippen LogP contribution in [0.15, 0.2) is 29.1 Å². The van der Waals surface area contributed by atoms with E-state index in [1.165, 1.54) is 9.58 Å². The molecule has 0 aliphatic rings. The lowest BCUT2D eigenvalue weighted by molar-refractivity contribution is -0.856. The third-order valence-electron chi connectivity index (χ3n) is 4.01. The van der Waals surface area contributed by atoms with Crippen molar-refractivity contribution in [2.75, 3.05) is 27.2 Å². The zero-order valence-electron chi connectivity index (χ0n) is 16.0. The van der Waals surface area contributed by atoms with Gasteiger partial charge in [0.25, 0.3) is 11.5 Å². The van der Waals surface area contributed by atoms with Gasteiger partial charge in [0.15, 0.2) is 10.8 Å². The van der Waals surface area contributed by atoms with Gasteiger partial charge in [0.1, 0.15) is 0 Å². The summed E-state index contributed by atoms with van der Waals surface area (Å²) < 4.78 is 1.36. The van der Waals surface area contributed by atoms with Gasteiger partial charge in [-0.15, -0.1) is 0 Å². The van der Waals surface area contributed by atoms with Crippen LogP contribution in [0.4, 0.5) is 0 Å². The first-order valence-corrected chi connectivity index (χ1v) is 9.48. The van der Waals surface area contributed by atoms with Crippen LogP contribution in [-0.2, 0) is 6.54 Å². The maximum Gasteiger partial charge on any atom is 0.290 e. The van der Waals surface area contributed by atoms with Gasteiger partial charge in [0.2, 0.25) is 0 Å². The number of fused-ring (bicyclic) bond motifs is 1. The SMILES string of the molecule is CCCCn1nc(C(=O)NNC(=S)NCC[NH+](C)C)c2ccccc2c1=O. The van der Waals surface area contributed by atoms with Crippen LogP contribution >= 0.6 is 12.2 Å². The zero-order valence-corrected chi connectivity index (χ0v) is 16.8. The highest BCUT2D eigenvalue weighted by atomic mass is 32.1. The molecule has 1 aromatic carbocycles. The maximum atomic E-state index is 12.6. The van der Waals surface area contributed by atoms with E-state index in [9.17, 15) is 9.59 Å². The third kappa shape index (κ3) is 5.73. The number of hydrazine groups is 1. The molecule has 9 heteroatoms. The minimum atomic E-state index is -0.446. The first-order valence-electron chi connectivity index (χ1n) is 9.07. The maximum absolute atomic E-state index is 12.6. The molecule has 0 atom stereocenters. The molecule has 0 aliphatic carbocycles. The fraction of sp³-hybridized carbons (Fsp3) is 0.444. The van der Waals surface area contributed by atoms with Crippen LogP contribution in [0.25, 0.3) is 10.8 Å². The van der Waals surface area contributed by atoms with Gasteiger partial charge in [-0.2, -0.15) is 5.10 Å². The minimum absolute atomic E-state index is 0.188. The Morgan fingerprint density at radius 3 is 2.59 bits per heavy atom. The van der Waals surface area contributed by atoms with Crippen molar-refractivity contribution < 1.29 is 9.69 Å². The number of carbonyl (C=O) groups is 1. The van der Waals surface area contributed by atoms with Gasteiger partial charge in [0.05, 0.1) is 32.6 Å². The standard InChI is InChI=1S/C18H26N6O2S/c1-4-5-11-24-17(26)14-9-7-6-8-13(14)15(22-24)16(25)20-21-18(27)19-10-12-23(2)3/h6-9H,4-5,10-12H2,1-3H3,(H,20,25)(H2,19,21,27)/p+1. The molecule has 0 radical (unpaired) electrons. The summed E-state index contributed by atoms with van der Waals surface area (Å²) in [5.41, 5.74) is 5.24. The van der Waals surface area contributed by atoms with Crippen LogP contribution < -0.4 is 26.6 Å². The number of thiocarbonyl (C=S) groups is 1. The van der Waals surface area contributed by atoms with E-state index < -0.39 is 5.91 Å². The van der Waals surface area contributed by atoms with Crippen molar-refractivity contribution in [3.8, 4) is 0 Å². The number of nitrogens with one attached hydrogen (secondary N) is 4. The lowest BCUT2D eigenvalue weighted by Gasteiger charge is -2.14. The molecule has 4 N–H and O–H groups in total. The number of unbranched alkanes of at least 4 members (excludes halogenated alkanes) is 1. The Balaban J connectivity index is 2.16. The molecule has 0 unspecified atom stereocenters. The molecule has 2 rings (SSSR count). The summed E-state index contributed by atoms with van der Waals surface area (Å²) in [6, 6.07) is 6.99. The Bertz CT molecular complexity index is 865. The van der Waals surface area contributed by atoms with Gasteiger partial charge in [0, 0.05) is 11.9 Å². The van der Waals surface area contributed by atoms with Gasteiger partial charge in [-0.25, -0.2) is 4.68 Å². The number of aromatic nitrogens is 2. The molecule has 0 spiro atoms. The molecule has 0 aliphatic heterocycles.